The predicted molar refractivity (Wildman–Crippen MR) is 82.1 cm³/mol. The molecule has 1 aromatic rings. The van der Waals surface area contributed by atoms with Crippen LogP contribution in [0.2, 0.25) is 0 Å². The van der Waals surface area contributed by atoms with E-state index in [1.807, 2.05) is 12.1 Å². The highest BCUT2D eigenvalue weighted by Gasteiger charge is 2.32. The fraction of sp³-hybridized carbons (Fsp3) is 0.647. The number of hydrogen-bond donors (Lipinski definition) is 1. The van der Waals surface area contributed by atoms with Crippen molar-refractivity contribution in [2.75, 3.05) is 33.3 Å². The quantitative estimate of drug-likeness (QED) is 0.923. The topological polar surface area (TPSA) is 24.5 Å². The lowest BCUT2D eigenvalue weighted by atomic mass is 9.89. The minimum atomic E-state index is -0.272. The molecule has 0 radical (unpaired) electrons. The van der Waals surface area contributed by atoms with Crippen LogP contribution in [0.15, 0.2) is 18.2 Å². The summed E-state index contributed by atoms with van der Waals surface area (Å²) >= 11 is 0. The molecule has 1 atom stereocenters. The largest absolute Gasteiger partial charge is 0.494 e. The molecule has 4 heteroatoms. The van der Waals surface area contributed by atoms with Gasteiger partial charge in [0.2, 0.25) is 0 Å². The first kappa shape index (κ1) is 14.8. The zero-order chi connectivity index (χ0) is 14.7. The van der Waals surface area contributed by atoms with Crippen LogP contribution in [0.5, 0.6) is 5.75 Å². The SMILES string of the molecule is COc1cc([C@@H](C2CCCC2)N2CCNCC2)ccc1F. The fourth-order valence-corrected chi connectivity index (χ4v) is 3.87. The highest BCUT2D eigenvalue weighted by atomic mass is 19.1. The van der Waals surface area contributed by atoms with E-state index in [1.54, 1.807) is 6.07 Å². The molecular weight excluding hydrogens is 267 g/mol. The van der Waals surface area contributed by atoms with Crippen LogP contribution in [0.25, 0.3) is 0 Å². The average Bonchev–Trinajstić information content (AvgIpc) is 3.04. The van der Waals surface area contributed by atoms with Gasteiger partial charge in [0, 0.05) is 32.2 Å². The first-order chi connectivity index (χ1) is 10.3. The summed E-state index contributed by atoms with van der Waals surface area (Å²) in [5.41, 5.74) is 1.21. The van der Waals surface area contributed by atoms with Gasteiger partial charge in [0.25, 0.3) is 0 Å². The number of benzene rings is 1. The Labute approximate surface area is 126 Å². The molecule has 0 aromatic heterocycles. The first-order valence-electron chi connectivity index (χ1n) is 8.08. The zero-order valence-electron chi connectivity index (χ0n) is 12.8. The van der Waals surface area contributed by atoms with Gasteiger partial charge in [-0.1, -0.05) is 18.9 Å². The Kier molecular flexibility index (Phi) is 4.76. The maximum atomic E-state index is 13.7. The van der Waals surface area contributed by atoms with Gasteiger partial charge in [0.1, 0.15) is 0 Å². The summed E-state index contributed by atoms with van der Waals surface area (Å²) < 4.78 is 18.9. The summed E-state index contributed by atoms with van der Waals surface area (Å²) in [6, 6.07) is 5.81. The van der Waals surface area contributed by atoms with Crippen molar-refractivity contribution in [2.45, 2.75) is 31.7 Å². The molecule has 0 bridgehead atoms. The van der Waals surface area contributed by atoms with Crippen LogP contribution >= 0.6 is 0 Å². The number of nitrogens with zero attached hydrogens (tertiary/aromatic N) is 1. The highest BCUT2D eigenvalue weighted by Crippen LogP contribution is 2.40. The van der Waals surface area contributed by atoms with Gasteiger partial charge in [0.05, 0.1) is 7.11 Å². The molecule has 0 amide bonds. The van der Waals surface area contributed by atoms with Gasteiger partial charge >= 0.3 is 0 Å². The minimum absolute atomic E-state index is 0.272. The van der Waals surface area contributed by atoms with Gasteiger partial charge in [0.15, 0.2) is 11.6 Å². The van der Waals surface area contributed by atoms with Crippen molar-refractivity contribution in [3.05, 3.63) is 29.6 Å². The summed E-state index contributed by atoms with van der Waals surface area (Å²) in [7, 11) is 1.54. The van der Waals surface area contributed by atoms with Crippen LogP contribution < -0.4 is 10.1 Å². The second-order valence-corrected chi connectivity index (χ2v) is 6.17. The van der Waals surface area contributed by atoms with Crippen LogP contribution in [0.1, 0.15) is 37.3 Å². The standard InChI is InChI=1S/C17H25FN2O/c1-21-16-12-14(6-7-15(16)18)17(13-4-2-3-5-13)20-10-8-19-9-11-20/h6-7,12-13,17,19H,2-5,8-11H2,1H3/t17-/m1/s1. The Morgan fingerprint density at radius 1 is 1.24 bits per heavy atom. The number of methoxy groups -OCH3 is 1. The van der Waals surface area contributed by atoms with E-state index in [-0.39, 0.29) is 5.82 Å². The minimum Gasteiger partial charge on any atom is -0.494 e. The predicted octanol–water partition coefficient (Wildman–Crippen LogP) is 2.97. The van der Waals surface area contributed by atoms with E-state index in [1.165, 1.54) is 38.4 Å². The summed E-state index contributed by atoms with van der Waals surface area (Å²) in [6.07, 6.45) is 5.22. The van der Waals surface area contributed by atoms with Crippen molar-refractivity contribution in [3.63, 3.8) is 0 Å². The summed E-state index contributed by atoms with van der Waals surface area (Å²) in [5, 5.41) is 3.42. The highest BCUT2D eigenvalue weighted by molar-refractivity contribution is 5.32. The van der Waals surface area contributed by atoms with E-state index in [9.17, 15) is 4.39 Å². The second-order valence-electron chi connectivity index (χ2n) is 6.17. The third-order valence-corrected chi connectivity index (χ3v) is 4.91. The maximum absolute atomic E-state index is 13.7. The Morgan fingerprint density at radius 3 is 2.62 bits per heavy atom. The second kappa shape index (κ2) is 6.75. The molecule has 21 heavy (non-hydrogen) atoms. The van der Waals surface area contributed by atoms with Gasteiger partial charge < -0.3 is 10.1 Å². The van der Waals surface area contributed by atoms with Gasteiger partial charge in [-0.15, -0.1) is 0 Å². The van der Waals surface area contributed by atoms with Gasteiger partial charge in [-0.3, -0.25) is 4.90 Å². The summed E-state index contributed by atoms with van der Waals surface area (Å²) in [6.45, 7) is 4.23. The molecule has 3 nitrogen and oxygen atoms in total. The molecule has 1 aliphatic heterocycles. The molecule has 1 aliphatic carbocycles. The molecule has 116 valence electrons. The van der Waals surface area contributed by atoms with Crippen LogP contribution in [-0.4, -0.2) is 38.2 Å². The number of halogens is 1. The van der Waals surface area contributed by atoms with E-state index >= 15 is 0 Å². The Bertz CT molecular complexity index is 468. The van der Waals surface area contributed by atoms with Gasteiger partial charge in [-0.05, 0) is 36.5 Å². The number of ether oxygens (including phenoxy) is 1. The van der Waals surface area contributed by atoms with E-state index < -0.39 is 0 Å². The average molecular weight is 292 g/mol. The van der Waals surface area contributed by atoms with Crippen molar-refractivity contribution in [3.8, 4) is 5.75 Å². The summed E-state index contributed by atoms with van der Waals surface area (Å²) in [4.78, 5) is 2.57. The molecular formula is C17H25FN2O. The van der Waals surface area contributed by atoms with Crippen molar-refractivity contribution in [1.82, 2.24) is 10.2 Å². The maximum Gasteiger partial charge on any atom is 0.165 e. The van der Waals surface area contributed by atoms with E-state index in [0.717, 1.165) is 26.2 Å². The molecule has 1 aromatic carbocycles. The molecule has 3 rings (SSSR count). The Hall–Kier alpha value is -1.13. The third kappa shape index (κ3) is 3.22. The molecule has 1 N–H and O–H groups in total. The van der Waals surface area contributed by atoms with Crippen molar-refractivity contribution in [1.29, 1.82) is 0 Å². The lowest BCUT2D eigenvalue weighted by Crippen LogP contribution is -2.46. The molecule has 2 fully saturated rings. The van der Waals surface area contributed by atoms with Crippen LogP contribution in [0, 0.1) is 11.7 Å². The van der Waals surface area contributed by atoms with Crippen LogP contribution in [0.4, 0.5) is 4.39 Å². The molecule has 1 heterocycles. The summed E-state index contributed by atoms with van der Waals surface area (Å²) in [5.74, 6) is 0.788. The molecule has 0 spiro atoms. The Morgan fingerprint density at radius 2 is 1.95 bits per heavy atom. The number of hydrogen-bond acceptors (Lipinski definition) is 3. The van der Waals surface area contributed by atoms with E-state index in [0.29, 0.717) is 17.7 Å². The Balaban J connectivity index is 1.89. The normalized spacial score (nSPS) is 22.4. The van der Waals surface area contributed by atoms with Crippen molar-refractivity contribution >= 4 is 0 Å². The molecule has 2 aliphatic rings. The number of piperazine rings is 1. The molecule has 0 unspecified atom stereocenters. The van der Waals surface area contributed by atoms with Crippen molar-refractivity contribution in [2.24, 2.45) is 5.92 Å². The number of rotatable bonds is 4. The first-order valence-corrected chi connectivity index (χ1v) is 8.08. The molecule has 1 saturated carbocycles. The van der Waals surface area contributed by atoms with Gasteiger partial charge in [-0.25, -0.2) is 4.39 Å². The van der Waals surface area contributed by atoms with Crippen LogP contribution in [0.3, 0.4) is 0 Å². The lowest BCUT2D eigenvalue weighted by molar-refractivity contribution is 0.125. The smallest absolute Gasteiger partial charge is 0.165 e. The van der Waals surface area contributed by atoms with E-state index in [4.69, 9.17) is 4.74 Å². The third-order valence-electron chi connectivity index (χ3n) is 4.91. The fourth-order valence-electron chi connectivity index (χ4n) is 3.87. The van der Waals surface area contributed by atoms with E-state index in [2.05, 4.69) is 10.2 Å². The number of nitrogens with one attached hydrogen (secondary N) is 1. The van der Waals surface area contributed by atoms with Crippen LogP contribution in [-0.2, 0) is 0 Å². The lowest BCUT2D eigenvalue weighted by Gasteiger charge is -2.38. The van der Waals surface area contributed by atoms with Crippen molar-refractivity contribution < 1.29 is 9.13 Å². The molecule has 1 saturated heterocycles. The van der Waals surface area contributed by atoms with Gasteiger partial charge in [-0.2, -0.15) is 0 Å². The monoisotopic (exact) mass is 292 g/mol. The zero-order valence-corrected chi connectivity index (χ0v) is 12.8.